The third kappa shape index (κ3) is 6.30. The van der Waals surface area contributed by atoms with Gasteiger partial charge in [0, 0.05) is 18.3 Å². The zero-order chi connectivity index (χ0) is 24.1. The van der Waals surface area contributed by atoms with Gasteiger partial charge in [0.25, 0.3) is 0 Å². The monoisotopic (exact) mass is 488 g/mol. The maximum atomic E-state index is 13.3. The molecule has 0 aromatic heterocycles. The Bertz CT molecular complexity index is 1010. The second-order valence-corrected chi connectivity index (χ2v) is 10.2. The molecule has 3 atom stereocenters. The molecule has 0 heterocycles. The van der Waals surface area contributed by atoms with Gasteiger partial charge in [-0.2, -0.15) is 0 Å². The largest absolute Gasteiger partial charge is 0.461 e. The lowest BCUT2D eigenvalue weighted by atomic mass is 9.75. The topological polar surface area (TPSA) is 41.9 Å². The number of halogens is 2. The summed E-state index contributed by atoms with van der Waals surface area (Å²) in [6.45, 7) is 8.75. The second kappa shape index (κ2) is 11.4. The molecule has 2 aromatic carbocycles. The van der Waals surface area contributed by atoms with E-state index in [9.17, 15) is 4.79 Å². The lowest BCUT2D eigenvalue weighted by molar-refractivity contribution is -0.154. The molecule has 3 rings (SSSR count). The van der Waals surface area contributed by atoms with Crippen LogP contribution in [-0.4, -0.2) is 31.5 Å². The molecule has 0 saturated heterocycles. The van der Waals surface area contributed by atoms with Crippen LogP contribution in [-0.2, 0) is 9.53 Å². The first-order valence-electron chi connectivity index (χ1n) is 11.7. The Morgan fingerprint density at radius 3 is 2.52 bits per heavy atom. The zero-order valence-corrected chi connectivity index (χ0v) is 21.7. The second-order valence-electron chi connectivity index (χ2n) is 9.40. The van der Waals surface area contributed by atoms with E-state index in [-0.39, 0.29) is 18.6 Å². The van der Waals surface area contributed by atoms with Gasteiger partial charge in [-0.3, -0.25) is 9.79 Å². The molecule has 33 heavy (non-hydrogen) atoms. The first kappa shape index (κ1) is 25.6. The molecule has 1 fully saturated rings. The molecule has 0 spiro atoms. The van der Waals surface area contributed by atoms with E-state index in [1.54, 1.807) is 19.2 Å². The number of nitrogens with zero attached hydrogens (tertiary/aromatic N) is 2. The van der Waals surface area contributed by atoms with Crippen molar-refractivity contribution in [2.45, 2.75) is 53.1 Å². The van der Waals surface area contributed by atoms with Crippen LogP contribution in [0, 0.1) is 24.7 Å². The fourth-order valence-electron chi connectivity index (χ4n) is 4.77. The van der Waals surface area contributed by atoms with Crippen LogP contribution in [0.25, 0.3) is 0 Å². The maximum absolute atomic E-state index is 13.3. The SMILES string of the molecule is C/N=C(\c1ccc(Cl)c(Cl)c1)N(CC(=O)O[C@@H]1C[C@H](C)CC[C@H]1C(C)C)c1ccccc1C. The first-order chi connectivity index (χ1) is 15.7. The molecule has 0 bridgehead atoms. The fourth-order valence-corrected chi connectivity index (χ4v) is 5.06. The fraction of sp³-hybridized carbons (Fsp3) is 0.481. The van der Waals surface area contributed by atoms with Crippen molar-refractivity contribution in [3.63, 3.8) is 0 Å². The number of amidine groups is 1. The molecule has 4 nitrogen and oxygen atoms in total. The van der Waals surface area contributed by atoms with Crippen LogP contribution in [0.2, 0.25) is 10.0 Å². The highest BCUT2D eigenvalue weighted by Crippen LogP contribution is 2.35. The van der Waals surface area contributed by atoms with E-state index in [0.29, 0.717) is 33.6 Å². The van der Waals surface area contributed by atoms with E-state index in [1.165, 1.54) is 6.42 Å². The van der Waals surface area contributed by atoms with Gasteiger partial charge in [0.1, 0.15) is 18.5 Å². The highest BCUT2D eigenvalue weighted by molar-refractivity contribution is 6.42. The quantitative estimate of drug-likeness (QED) is 0.245. The Balaban J connectivity index is 1.91. The Labute approximate surface area is 207 Å². The smallest absolute Gasteiger partial charge is 0.326 e. The minimum absolute atomic E-state index is 0.0491. The van der Waals surface area contributed by atoms with Gasteiger partial charge in [0.05, 0.1) is 10.0 Å². The molecule has 0 N–H and O–H groups in total. The Morgan fingerprint density at radius 2 is 1.88 bits per heavy atom. The number of esters is 1. The molecule has 0 amide bonds. The molecule has 1 saturated carbocycles. The summed E-state index contributed by atoms with van der Waals surface area (Å²) >= 11 is 12.4. The van der Waals surface area contributed by atoms with Gasteiger partial charge in [-0.05, 0) is 67.3 Å². The number of para-hydroxylation sites is 1. The van der Waals surface area contributed by atoms with Gasteiger partial charge in [0.15, 0.2) is 0 Å². The van der Waals surface area contributed by atoms with Crippen molar-refractivity contribution in [2.24, 2.45) is 22.7 Å². The van der Waals surface area contributed by atoms with Crippen LogP contribution in [0.15, 0.2) is 47.5 Å². The van der Waals surface area contributed by atoms with E-state index in [4.69, 9.17) is 27.9 Å². The Morgan fingerprint density at radius 1 is 1.15 bits per heavy atom. The summed E-state index contributed by atoms with van der Waals surface area (Å²) in [6, 6.07) is 13.3. The van der Waals surface area contributed by atoms with Crippen molar-refractivity contribution < 1.29 is 9.53 Å². The highest BCUT2D eigenvalue weighted by Gasteiger charge is 2.34. The number of aliphatic imine (C=N–C) groups is 1. The summed E-state index contributed by atoms with van der Waals surface area (Å²) in [5.41, 5.74) is 2.73. The van der Waals surface area contributed by atoms with E-state index in [1.807, 2.05) is 42.2 Å². The summed E-state index contributed by atoms with van der Waals surface area (Å²) < 4.78 is 6.12. The van der Waals surface area contributed by atoms with Crippen LogP contribution in [0.3, 0.4) is 0 Å². The summed E-state index contributed by atoms with van der Waals surface area (Å²) in [7, 11) is 1.71. The Kier molecular flexibility index (Phi) is 8.83. The molecule has 6 heteroatoms. The van der Waals surface area contributed by atoms with Crippen molar-refractivity contribution in [3.05, 3.63) is 63.6 Å². The van der Waals surface area contributed by atoms with Gasteiger partial charge in [-0.1, -0.05) is 68.6 Å². The lowest BCUT2D eigenvalue weighted by Gasteiger charge is -2.37. The number of hydrogen-bond donors (Lipinski definition) is 0. The van der Waals surface area contributed by atoms with Gasteiger partial charge in [0.2, 0.25) is 0 Å². The van der Waals surface area contributed by atoms with E-state index in [0.717, 1.165) is 29.7 Å². The van der Waals surface area contributed by atoms with E-state index in [2.05, 4.69) is 25.8 Å². The number of aryl methyl sites for hydroxylation is 1. The minimum Gasteiger partial charge on any atom is -0.461 e. The van der Waals surface area contributed by atoms with Crippen molar-refractivity contribution in [3.8, 4) is 0 Å². The number of hydrogen-bond acceptors (Lipinski definition) is 3. The predicted molar refractivity (Wildman–Crippen MR) is 139 cm³/mol. The van der Waals surface area contributed by atoms with E-state index < -0.39 is 0 Å². The first-order valence-corrected chi connectivity index (χ1v) is 12.4. The third-order valence-corrected chi connectivity index (χ3v) is 7.32. The minimum atomic E-state index is -0.246. The predicted octanol–water partition coefficient (Wildman–Crippen LogP) is 7.19. The summed E-state index contributed by atoms with van der Waals surface area (Å²) in [5, 5.41) is 0.919. The molecule has 1 aliphatic carbocycles. The van der Waals surface area contributed by atoms with Crippen LogP contribution in [0.4, 0.5) is 5.69 Å². The molecular weight excluding hydrogens is 455 g/mol. The molecule has 0 unspecified atom stereocenters. The summed E-state index contributed by atoms with van der Waals surface area (Å²) in [4.78, 5) is 19.7. The number of carbonyl (C=O) groups excluding carboxylic acids is 1. The number of anilines is 1. The molecule has 1 aliphatic rings. The van der Waals surface area contributed by atoms with E-state index >= 15 is 0 Å². The summed E-state index contributed by atoms with van der Waals surface area (Å²) in [5.74, 6) is 1.83. The number of benzene rings is 2. The number of rotatable bonds is 6. The van der Waals surface area contributed by atoms with Crippen molar-refractivity contribution in [1.29, 1.82) is 0 Å². The number of ether oxygens (including phenoxy) is 1. The molecule has 0 radical (unpaired) electrons. The van der Waals surface area contributed by atoms with Crippen molar-refractivity contribution >= 4 is 40.7 Å². The van der Waals surface area contributed by atoms with Crippen LogP contribution in [0.5, 0.6) is 0 Å². The molecule has 0 aliphatic heterocycles. The maximum Gasteiger partial charge on any atom is 0.326 e. The zero-order valence-electron chi connectivity index (χ0n) is 20.1. The van der Waals surface area contributed by atoms with Crippen LogP contribution < -0.4 is 4.90 Å². The number of carbonyl (C=O) groups is 1. The van der Waals surface area contributed by atoms with Crippen LogP contribution >= 0.6 is 23.2 Å². The summed E-state index contributed by atoms with van der Waals surface area (Å²) in [6.07, 6.45) is 3.16. The van der Waals surface area contributed by atoms with Gasteiger partial charge in [-0.15, -0.1) is 0 Å². The van der Waals surface area contributed by atoms with Crippen LogP contribution in [0.1, 0.15) is 51.2 Å². The van der Waals surface area contributed by atoms with Crippen molar-refractivity contribution in [1.82, 2.24) is 0 Å². The highest BCUT2D eigenvalue weighted by atomic mass is 35.5. The third-order valence-electron chi connectivity index (χ3n) is 6.58. The Hall–Kier alpha value is -2.04. The normalized spacial score (nSPS) is 21.2. The average molecular weight is 489 g/mol. The molecular formula is C27H34Cl2N2O2. The van der Waals surface area contributed by atoms with Gasteiger partial charge >= 0.3 is 5.97 Å². The van der Waals surface area contributed by atoms with Gasteiger partial charge < -0.3 is 9.64 Å². The molecule has 178 valence electrons. The molecule has 2 aromatic rings. The lowest BCUT2D eigenvalue weighted by Crippen LogP contribution is -2.41. The average Bonchev–Trinajstić information content (AvgIpc) is 2.76. The van der Waals surface area contributed by atoms with Gasteiger partial charge in [-0.25, -0.2) is 0 Å². The van der Waals surface area contributed by atoms with Crippen molar-refractivity contribution in [2.75, 3.05) is 18.5 Å². The standard InChI is InChI=1S/C27H34Cl2N2O2/c1-17(2)21-12-10-18(3)14-25(21)33-26(32)16-31(24-9-7-6-8-19(24)4)27(30-5)20-11-13-22(28)23(29)15-20/h6-9,11,13,15,17-18,21,25H,10,12,14,16H2,1-5H3/b30-27+/t18-,21+,25-/m1/s1.